The van der Waals surface area contributed by atoms with Gasteiger partial charge in [0.2, 0.25) is 0 Å². The quantitative estimate of drug-likeness (QED) is 0.736. The van der Waals surface area contributed by atoms with Gasteiger partial charge in [0.25, 0.3) is 0 Å². The number of carbonyl (C=O) groups excluding carboxylic acids is 1. The normalized spacial score (nSPS) is 17.9. The Balaban J connectivity index is 2.21. The molecular weight excluding hydrogens is 185 g/mol. The van der Waals surface area contributed by atoms with Crippen LogP contribution >= 0.6 is 0 Å². The number of carbonyl (C=O) groups is 1. The summed E-state index contributed by atoms with van der Waals surface area (Å²) in [5.74, 6) is -1.18. The third-order valence-electron chi connectivity index (χ3n) is 2.38. The second-order valence-electron chi connectivity index (χ2n) is 3.50. The van der Waals surface area contributed by atoms with Gasteiger partial charge in [-0.25, -0.2) is 4.39 Å². The average Bonchev–Trinajstić information content (AvgIpc) is 3.00. The van der Waals surface area contributed by atoms with Crippen molar-refractivity contribution in [2.24, 2.45) is 5.92 Å². The van der Waals surface area contributed by atoms with Gasteiger partial charge in [-0.2, -0.15) is 0 Å². The van der Waals surface area contributed by atoms with E-state index in [9.17, 15) is 14.3 Å². The van der Waals surface area contributed by atoms with Crippen molar-refractivity contribution in [1.29, 1.82) is 0 Å². The lowest BCUT2D eigenvalue weighted by atomic mass is 10.0. The van der Waals surface area contributed by atoms with Crippen LogP contribution in [0.15, 0.2) is 18.5 Å². The van der Waals surface area contributed by atoms with Crippen molar-refractivity contribution >= 4 is 5.78 Å². The van der Waals surface area contributed by atoms with Crippen LogP contribution < -0.4 is 0 Å². The Morgan fingerprint density at radius 1 is 1.64 bits per heavy atom. The molecule has 74 valence electrons. The molecule has 1 unspecified atom stereocenters. The molecule has 0 spiro atoms. The largest absolute Gasteiger partial charge is 0.385 e. The first-order valence-corrected chi connectivity index (χ1v) is 4.52. The number of nitrogens with zero attached hydrogens (tertiary/aromatic N) is 1. The second kappa shape index (κ2) is 3.46. The zero-order valence-corrected chi connectivity index (χ0v) is 7.48. The molecule has 14 heavy (non-hydrogen) atoms. The molecule has 2 rings (SSSR count). The second-order valence-corrected chi connectivity index (χ2v) is 3.50. The van der Waals surface area contributed by atoms with E-state index in [1.165, 1.54) is 12.3 Å². The van der Waals surface area contributed by atoms with Crippen LogP contribution in [0.5, 0.6) is 0 Å². The Labute approximate surface area is 80.6 Å². The first-order valence-electron chi connectivity index (χ1n) is 4.52. The lowest BCUT2D eigenvalue weighted by Crippen LogP contribution is -2.23. The van der Waals surface area contributed by atoms with Crippen molar-refractivity contribution < 1.29 is 14.3 Å². The van der Waals surface area contributed by atoms with Gasteiger partial charge in [-0.15, -0.1) is 0 Å². The Kier molecular flexibility index (Phi) is 2.29. The molecule has 1 N–H and O–H groups in total. The van der Waals surface area contributed by atoms with E-state index >= 15 is 0 Å². The van der Waals surface area contributed by atoms with E-state index in [-0.39, 0.29) is 11.5 Å². The third-order valence-corrected chi connectivity index (χ3v) is 2.38. The highest BCUT2D eigenvalue weighted by Gasteiger charge is 2.35. The SMILES string of the molecule is O=C(c1ccncc1F)C(O)C1CC1. The highest BCUT2D eigenvalue weighted by atomic mass is 19.1. The van der Waals surface area contributed by atoms with Gasteiger partial charge in [0.1, 0.15) is 6.10 Å². The van der Waals surface area contributed by atoms with Gasteiger partial charge in [0, 0.05) is 6.20 Å². The minimum Gasteiger partial charge on any atom is -0.385 e. The minimum absolute atomic E-state index is 0.0232. The van der Waals surface area contributed by atoms with Gasteiger partial charge in [-0.3, -0.25) is 9.78 Å². The number of aliphatic hydroxyl groups is 1. The molecule has 0 saturated heterocycles. The summed E-state index contributed by atoms with van der Waals surface area (Å²) in [4.78, 5) is 15.1. The predicted molar refractivity (Wildman–Crippen MR) is 47.3 cm³/mol. The zero-order chi connectivity index (χ0) is 10.1. The fourth-order valence-electron chi connectivity index (χ4n) is 1.36. The van der Waals surface area contributed by atoms with Gasteiger partial charge in [0.05, 0.1) is 11.8 Å². The third kappa shape index (κ3) is 1.65. The number of halogens is 1. The smallest absolute Gasteiger partial charge is 0.194 e. The number of Topliss-reactive ketones (excluding diaryl/α,β-unsaturated/α-hetero) is 1. The van der Waals surface area contributed by atoms with Crippen LogP contribution in [0.3, 0.4) is 0 Å². The Hall–Kier alpha value is -1.29. The Bertz CT molecular complexity index is 363. The molecule has 0 bridgehead atoms. The molecule has 0 aromatic carbocycles. The van der Waals surface area contributed by atoms with Crippen LogP contribution in [-0.4, -0.2) is 22.0 Å². The van der Waals surface area contributed by atoms with Gasteiger partial charge >= 0.3 is 0 Å². The number of aliphatic hydroxyl groups excluding tert-OH is 1. The summed E-state index contributed by atoms with van der Waals surface area (Å²) in [6, 6.07) is 1.29. The number of ketones is 1. The highest BCUT2D eigenvalue weighted by Crippen LogP contribution is 2.34. The fourth-order valence-corrected chi connectivity index (χ4v) is 1.36. The highest BCUT2D eigenvalue weighted by molar-refractivity contribution is 5.99. The molecule has 1 heterocycles. The Morgan fingerprint density at radius 2 is 2.36 bits per heavy atom. The molecule has 0 aliphatic heterocycles. The molecule has 4 heteroatoms. The molecule has 1 aliphatic carbocycles. The summed E-state index contributed by atoms with van der Waals surface area (Å²) < 4.78 is 13.1. The molecule has 1 aromatic heterocycles. The van der Waals surface area contributed by atoms with Gasteiger partial charge in [0.15, 0.2) is 11.6 Å². The standard InChI is InChI=1S/C10H10FNO2/c11-8-5-12-4-3-7(8)10(14)9(13)6-1-2-6/h3-6,9,13H,1-2H2. The molecule has 3 nitrogen and oxygen atoms in total. The number of rotatable bonds is 3. The number of aromatic nitrogens is 1. The average molecular weight is 195 g/mol. The zero-order valence-electron chi connectivity index (χ0n) is 7.48. The minimum atomic E-state index is -1.05. The van der Waals surface area contributed by atoms with Crippen molar-refractivity contribution in [2.45, 2.75) is 18.9 Å². The molecular formula is C10H10FNO2. The number of hydrogen-bond acceptors (Lipinski definition) is 3. The van der Waals surface area contributed by atoms with Crippen molar-refractivity contribution in [3.05, 3.63) is 29.8 Å². The summed E-state index contributed by atoms with van der Waals surface area (Å²) in [5, 5.41) is 9.50. The van der Waals surface area contributed by atoms with Gasteiger partial charge < -0.3 is 5.11 Å². The van der Waals surface area contributed by atoms with Crippen LogP contribution in [0.25, 0.3) is 0 Å². The van der Waals surface area contributed by atoms with E-state index in [4.69, 9.17) is 0 Å². The van der Waals surface area contributed by atoms with Crippen molar-refractivity contribution in [2.75, 3.05) is 0 Å². The van der Waals surface area contributed by atoms with Gasteiger partial charge in [-0.05, 0) is 24.8 Å². The maximum atomic E-state index is 13.1. The lowest BCUT2D eigenvalue weighted by molar-refractivity contribution is 0.0699. The van der Waals surface area contributed by atoms with Crippen molar-refractivity contribution in [3.8, 4) is 0 Å². The van der Waals surface area contributed by atoms with Crippen LogP contribution in [0.4, 0.5) is 4.39 Å². The van der Waals surface area contributed by atoms with E-state index in [0.29, 0.717) is 0 Å². The molecule has 0 amide bonds. The maximum Gasteiger partial charge on any atom is 0.194 e. The van der Waals surface area contributed by atoms with E-state index < -0.39 is 17.7 Å². The summed E-state index contributed by atoms with van der Waals surface area (Å²) in [6.45, 7) is 0. The van der Waals surface area contributed by atoms with Crippen molar-refractivity contribution in [1.82, 2.24) is 4.98 Å². The Morgan fingerprint density at radius 3 is 2.93 bits per heavy atom. The number of pyridine rings is 1. The molecule has 1 saturated carbocycles. The van der Waals surface area contributed by atoms with Crippen LogP contribution in [0, 0.1) is 11.7 Å². The van der Waals surface area contributed by atoms with Crippen LogP contribution in [0.2, 0.25) is 0 Å². The maximum absolute atomic E-state index is 13.1. The van der Waals surface area contributed by atoms with E-state index in [0.717, 1.165) is 19.0 Å². The lowest BCUT2D eigenvalue weighted by Gasteiger charge is -2.07. The summed E-state index contributed by atoms with van der Waals surface area (Å²) >= 11 is 0. The van der Waals surface area contributed by atoms with E-state index in [1.54, 1.807) is 0 Å². The summed E-state index contributed by atoms with van der Waals surface area (Å²) in [7, 11) is 0. The molecule has 1 atom stereocenters. The van der Waals surface area contributed by atoms with E-state index in [1.807, 2.05) is 0 Å². The monoisotopic (exact) mass is 195 g/mol. The predicted octanol–water partition coefficient (Wildman–Crippen LogP) is 1.17. The number of hydrogen-bond donors (Lipinski definition) is 1. The summed E-state index contributed by atoms with van der Waals surface area (Å²) in [5.41, 5.74) is -0.0700. The van der Waals surface area contributed by atoms with E-state index in [2.05, 4.69) is 4.98 Å². The van der Waals surface area contributed by atoms with Crippen LogP contribution in [0.1, 0.15) is 23.2 Å². The van der Waals surface area contributed by atoms with Crippen LogP contribution in [-0.2, 0) is 0 Å². The molecule has 0 radical (unpaired) electrons. The molecule has 1 fully saturated rings. The topological polar surface area (TPSA) is 50.2 Å². The first kappa shape index (κ1) is 9.27. The first-order chi connectivity index (χ1) is 6.70. The van der Waals surface area contributed by atoms with Crippen molar-refractivity contribution in [3.63, 3.8) is 0 Å². The van der Waals surface area contributed by atoms with Gasteiger partial charge in [-0.1, -0.05) is 0 Å². The summed E-state index contributed by atoms with van der Waals surface area (Å²) in [6.07, 6.45) is 2.97. The molecule has 1 aliphatic rings. The fraction of sp³-hybridized carbons (Fsp3) is 0.400. The molecule has 1 aromatic rings.